The van der Waals surface area contributed by atoms with Crippen LogP contribution in [0.25, 0.3) is 0 Å². The van der Waals surface area contributed by atoms with E-state index in [2.05, 4.69) is 0 Å². The highest BCUT2D eigenvalue weighted by molar-refractivity contribution is 7.72. The average molecular weight is 618 g/mol. The molecule has 12 heteroatoms. The molecule has 0 amide bonds. The van der Waals surface area contributed by atoms with E-state index in [0.717, 1.165) is 11.6 Å². The average Bonchev–Trinajstić information content (AvgIpc) is 2.98. The minimum Gasteiger partial charge on any atom is -0.341 e. The van der Waals surface area contributed by atoms with Gasteiger partial charge in [0.2, 0.25) is 14.7 Å². The van der Waals surface area contributed by atoms with Crippen LogP contribution in [0.4, 0.5) is 0 Å². The van der Waals surface area contributed by atoms with Crippen molar-refractivity contribution in [3.63, 3.8) is 0 Å². The van der Waals surface area contributed by atoms with Crippen molar-refractivity contribution in [1.29, 1.82) is 0 Å². The molecule has 0 bridgehead atoms. The van der Waals surface area contributed by atoms with E-state index >= 15 is 0 Å². The fourth-order valence-electron chi connectivity index (χ4n) is 3.49. The molecule has 4 rings (SSSR count). The molecule has 4 aromatic carbocycles. The maximum atomic E-state index is 12.2. The summed E-state index contributed by atoms with van der Waals surface area (Å²) >= 11 is 0. The van der Waals surface area contributed by atoms with Crippen molar-refractivity contribution in [2.75, 3.05) is 12.3 Å². The van der Waals surface area contributed by atoms with Crippen molar-refractivity contribution in [2.24, 2.45) is 0 Å². The van der Waals surface area contributed by atoms with Crippen molar-refractivity contribution >= 4 is 50.7 Å². The quantitative estimate of drug-likeness (QED) is 0.195. The number of benzene rings is 4. The van der Waals surface area contributed by atoms with Gasteiger partial charge in [0.15, 0.2) is 0 Å². The normalized spacial score (nSPS) is 17.3. The first-order valence-corrected chi connectivity index (χ1v) is 19.2. The van der Waals surface area contributed by atoms with Gasteiger partial charge in [0.05, 0.1) is 0 Å². The Labute approximate surface area is 233 Å². The summed E-state index contributed by atoms with van der Waals surface area (Å²) in [6.45, 7) is 0. The molecule has 0 aliphatic heterocycles. The molecule has 210 valence electrons. The molecule has 0 aromatic heterocycles. The zero-order chi connectivity index (χ0) is 29.3. The first-order chi connectivity index (χ1) is 18.8. The Morgan fingerprint density at radius 2 is 0.625 bits per heavy atom. The van der Waals surface area contributed by atoms with Gasteiger partial charge in [-0.15, -0.1) is 0 Å². The Morgan fingerprint density at radius 1 is 0.400 bits per heavy atom. The largest absolute Gasteiger partial charge is 0.341 e. The first-order valence-electron chi connectivity index (χ1n) is 12.0. The van der Waals surface area contributed by atoms with Gasteiger partial charge < -0.3 is 19.6 Å². The Hall–Kier alpha value is -2.62. The Bertz CT molecular complexity index is 1470. The van der Waals surface area contributed by atoms with Crippen molar-refractivity contribution in [1.82, 2.24) is 0 Å². The topological polar surface area (TPSA) is 149 Å². The second-order valence-electron chi connectivity index (χ2n) is 8.74. The summed E-state index contributed by atoms with van der Waals surface area (Å²) in [5, 5.41) is 1.08. The van der Waals surface area contributed by atoms with Gasteiger partial charge in [-0.3, -0.25) is 18.3 Å². The summed E-state index contributed by atoms with van der Waals surface area (Å²) in [6, 6.07) is 32.5. The fourth-order valence-corrected chi connectivity index (χ4v) is 10.4. The van der Waals surface area contributed by atoms with Crippen LogP contribution in [0.5, 0.6) is 0 Å². The van der Waals surface area contributed by atoms with E-state index < -0.39 is 29.5 Å². The lowest BCUT2D eigenvalue weighted by Gasteiger charge is -2.15. The van der Waals surface area contributed by atoms with Crippen LogP contribution in [-0.2, 0) is 18.3 Å². The van der Waals surface area contributed by atoms with Crippen LogP contribution < -0.4 is 21.2 Å². The summed E-state index contributed by atoms with van der Waals surface area (Å²) in [6.07, 6.45) is -0.417. The van der Waals surface area contributed by atoms with Gasteiger partial charge in [0.25, 0.3) is 14.7 Å². The van der Waals surface area contributed by atoms with E-state index in [4.69, 9.17) is 0 Å². The lowest BCUT2D eigenvalue weighted by atomic mass is 10.4. The van der Waals surface area contributed by atoms with Crippen LogP contribution in [0, 0.1) is 0 Å². The zero-order valence-electron chi connectivity index (χ0n) is 21.3. The van der Waals surface area contributed by atoms with Gasteiger partial charge in [-0.2, -0.15) is 0 Å². The standard InChI is InChI=1S/C14H16O4P2.C14H14O4P2/c2*15-19(16,13-7-3-1-4-8-13)11-12-20(17,18)14-9-5-2-6-10-14/h1-10H,11-12H2,(H,15,16)(H,17,18);1-12H,(H,15,16)(H,17,18)/b;12-11+. The number of hydrogen-bond donors (Lipinski definition) is 4. The molecular formula is C28H30O8P4. The second kappa shape index (κ2) is 13.8. The van der Waals surface area contributed by atoms with Gasteiger partial charge in [-0.05, 0) is 48.5 Å². The minimum atomic E-state index is -3.77. The van der Waals surface area contributed by atoms with Crippen LogP contribution in [-0.4, -0.2) is 31.9 Å². The van der Waals surface area contributed by atoms with Crippen LogP contribution >= 0.6 is 29.5 Å². The molecule has 4 unspecified atom stereocenters. The van der Waals surface area contributed by atoms with Crippen molar-refractivity contribution in [3.05, 3.63) is 133 Å². The van der Waals surface area contributed by atoms with E-state index in [-0.39, 0.29) is 22.9 Å². The highest BCUT2D eigenvalue weighted by Gasteiger charge is 2.28. The summed E-state index contributed by atoms with van der Waals surface area (Å²) < 4.78 is 48.7. The van der Waals surface area contributed by atoms with Crippen molar-refractivity contribution < 1.29 is 37.8 Å². The lowest BCUT2D eigenvalue weighted by Crippen LogP contribution is -2.13. The molecule has 0 radical (unpaired) electrons. The number of rotatable bonds is 9. The maximum Gasteiger partial charge on any atom is 0.251 e. The predicted octanol–water partition coefficient (Wildman–Crippen LogP) is 4.83. The van der Waals surface area contributed by atoms with Gasteiger partial charge >= 0.3 is 0 Å². The molecule has 4 aromatic rings. The van der Waals surface area contributed by atoms with Crippen LogP contribution in [0.3, 0.4) is 0 Å². The first kappa shape index (κ1) is 31.9. The summed E-state index contributed by atoms with van der Waals surface area (Å²) in [5.41, 5.74) is 0. The molecule has 4 atom stereocenters. The van der Waals surface area contributed by atoms with Gasteiger partial charge in [0, 0.05) is 45.2 Å². The molecule has 0 heterocycles. The van der Waals surface area contributed by atoms with Crippen LogP contribution in [0.2, 0.25) is 0 Å². The molecule has 40 heavy (non-hydrogen) atoms. The summed E-state index contributed by atoms with van der Waals surface area (Å²) in [4.78, 5) is 39.9. The molecule has 0 aliphatic rings. The minimum absolute atomic E-state index is 0.209. The van der Waals surface area contributed by atoms with Crippen molar-refractivity contribution in [2.45, 2.75) is 0 Å². The third-order valence-electron chi connectivity index (χ3n) is 5.75. The SMILES string of the molecule is O=P(O)(/C=C/P(=O)(O)c1ccccc1)c1ccccc1.O=P(O)(CCP(=O)(O)c1ccccc1)c1ccccc1. The summed E-state index contributed by atoms with van der Waals surface area (Å²) in [5.74, 6) is 1.85. The van der Waals surface area contributed by atoms with Gasteiger partial charge in [0.1, 0.15) is 0 Å². The fraction of sp³-hybridized carbons (Fsp3) is 0.0714. The monoisotopic (exact) mass is 618 g/mol. The smallest absolute Gasteiger partial charge is 0.251 e. The van der Waals surface area contributed by atoms with E-state index in [1.807, 2.05) is 0 Å². The summed E-state index contributed by atoms with van der Waals surface area (Å²) in [7, 11) is -14.7. The van der Waals surface area contributed by atoms with Crippen LogP contribution in [0.1, 0.15) is 0 Å². The molecule has 0 saturated carbocycles. The van der Waals surface area contributed by atoms with E-state index in [9.17, 15) is 37.8 Å². The predicted molar refractivity (Wildman–Crippen MR) is 162 cm³/mol. The zero-order valence-corrected chi connectivity index (χ0v) is 24.9. The Balaban J connectivity index is 0.000000220. The van der Waals surface area contributed by atoms with Gasteiger partial charge in [-0.25, -0.2) is 0 Å². The maximum absolute atomic E-state index is 12.2. The molecule has 0 aliphatic carbocycles. The molecular weight excluding hydrogens is 588 g/mol. The molecule has 0 saturated heterocycles. The third-order valence-corrected chi connectivity index (χ3v) is 13.4. The highest BCUT2D eigenvalue weighted by Crippen LogP contribution is 2.49. The number of hydrogen-bond acceptors (Lipinski definition) is 4. The Morgan fingerprint density at radius 3 is 0.875 bits per heavy atom. The van der Waals surface area contributed by atoms with E-state index in [0.29, 0.717) is 10.6 Å². The molecule has 8 nitrogen and oxygen atoms in total. The molecule has 0 spiro atoms. The van der Waals surface area contributed by atoms with Crippen molar-refractivity contribution in [3.8, 4) is 0 Å². The second-order valence-corrected chi connectivity index (χ2v) is 17.6. The van der Waals surface area contributed by atoms with E-state index in [1.165, 1.54) is 24.3 Å². The lowest BCUT2D eigenvalue weighted by molar-refractivity contribution is 0.480. The Kier molecular flexibility index (Phi) is 11.0. The molecule has 0 fully saturated rings. The molecule has 4 N–H and O–H groups in total. The third kappa shape index (κ3) is 9.21. The van der Waals surface area contributed by atoms with Crippen LogP contribution in [0.15, 0.2) is 133 Å². The van der Waals surface area contributed by atoms with Gasteiger partial charge in [-0.1, -0.05) is 72.8 Å². The highest BCUT2D eigenvalue weighted by atomic mass is 31.2. The van der Waals surface area contributed by atoms with E-state index in [1.54, 1.807) is 97.1 Å².